The molecule has 0 aliphatic rings. The molecule has 23 heavy (non-hydrogen) atoms. The topological polar surface area (TPSA) is 105 Å². The largest absolute Gasteiger partial charge is 0.360 e. The van der Waals surface area contributed by atoms with Crippen LogP contribution in [0.3, 0.4) is 0 Å². The molecule has 120 valence electrons. The van der Waals surface area contributed by atoms with Crippen molar-refractivity contribution in [1.82, 2.24) is 15.1 Å². The molecule has 0 unspecified atom stereocenters. The van der Waals surface area contributed by atoms with Crippen LogP contribution in [-0.4, -0.2) is 26.3 Å². The van der Waals surface area contributed by atoms with Crippen molar-refractivity contribution < 1.29 is 9.32 Å². The van der Waals surface area contributed by atoms with Crippen molar-refractivity contribution >= 4 is 23.5 Å². The molecule has 7 nitrogen and oxygen atoms in total. The number of aromatic nitrogens is 3. The Labute approximate surface area is 138 Å². The molecule has 0 saturated carbocycles. The predicted molar refractivity (Wildman–Crippen MR) is 86.0 cm³/mol. The zero-order chi connectivity index (χ0) is 17.0. The highest BCUT2D eigenvalue weighted by Crippen LogP contribution is 2.28. The molecule has 2 rings (SSSR count). The fraction of sp³-hybridized carbons (Fsp3) is 0.400. The summed E-state index contributed by atoms with van der Waals surface area (Å²) in [5.74, 6) is 1.37. The van der Waals surface area contributed by atoms with Gasteiger partial charge in [-0.2, -0.15) is 5.26 Å². The summed E-state index contributed by atoms with van der Waals surface area (Å²) in [5.41, 5.74) is 1.02. The second-order valence-electron chi connectivity index (χ2n) is 4.97. The molecule has 8 heteroatoms. The van der Waals surface area contributed by atoms with Gasteiger partial charge in [-0.25, -0.2) is 9.97 Å². The Morgan fingerprint density at radius 1 is 1.43 bits per heavy atom. The van der Waals surface area contributed by atoms with Gasteiger partial charge in [0.15, 0.2) is 5.82 Å². The van der Waals surface area contributed by atoms with E-state index < -0.39 is 5.25 Å². The van der Waals surface area contributed by atoms with Crippen molar-refractivity contribution in [3.05, 3.63) is 28.9 Å². The molecule has 0 aromatic carbocycles. The maximum Gasteiger partial charge on any atom is 0.239 e. The third-order valence-corrected chi connectivity index (χ3v) is 4.43. The van der Waals surface area contributed by atoms with E-state index in [1.807, 2.05) is 6.92 Å². The van der Waals surface area contributed by atoms with Gasteiger partial charge in [-0.15, -0.1) is 0 Å². The van der Waals surface area contributed by atoms with E-state index in [-0.39, 0.29) is 5.91 Å². The minimum atomic E-state index is -0.396. The normalized spacial score (nSPS) is 11.8. The number of thioether (sulfide) groups is 1. The second-order valence-corrected chi connectivity index (χ2v) is 6.17. The van der Waals surface area contributed by atoms with Crippen LogP contribution in [0.2, 0.25) is 0 Å². The predicted octanol–water partition coefficient (Wildman–Crippen LogP) is 2.77. The number of hydrogen-bond donors (Lipinski definition) is 1. The Kier molecular flexibility index (Phi) is 5.34. The average molecular weight is 331 g/mol. The van der Waals surface area contributed by atoms with E-state index in [0.29, 0.717) is 40.1 Å². The maximum atomic E-state index is 12.4. The summed E-state index contributed by atoms with van der Waals surface area (Å²) < 4.78 is 4.93. The van der Waals surface area contributed by atoms with E-state index in [1.54, 1.807) is 26.8 Å². The quantitative estimate of drug-likeness (QED) is 0.663. The van der Waals surface area contributed by atoms with Crippen LogP contribution in [0.1, 0.15) is 36.2 Å². The monoisotopic (exact) mass is 331 g/mol. The number of nitrogens with zero attached hydrogens (tertiary/aromatic N) is 4. The van der Waals surface area contributed by atoms with Gasteiger partial charge in [0.05, 0.1) is 10.9 Å². The molecule has 1 N–H and O–H groups in total. The third-order valence-electron chi connectivity index (χ3n) is 3.08. The Morgan fingerprint density at radius 2 is 2.17 bits per heavy atom. The molecule has 1 atom stereocenters. The minimum absolute atomic E-state index is 0.205. The van der Waals surface area contributed by atoms with Crippen LogP contribution in [-0.2, 0) is 4.79 Å². The number of aryl methyl sites for hydroxylation is 3. The van der Waals surface area contributed by atoms with Crippen LogP contribution < -0.4 is 5.32 Å². The van der Waals surface area contributed by atoms with Crippen LogP contribution in [0.25, 0.3) is 0 Å². The number of nitriles is 1. The average Bonchev–Trinajstić information content (AvgIpc) is 2.89. The summed E-state index contributed by atoms with van der Waals surface area (Å²) in [4.78, 5) is 20.9. The van der Waals surface area contributed by atoms with Crippen LogP contribution in [0.5, 0.6) is 0 Å². The van der Waals surface area contributed by atoms with E-state index in [4.69, 9.17) is 4.52 Å². The van der Waals surface area contributed by atoms with Gasteiger partial charge in [-0.3, -0.25) is 4.79 Å². The molecule has 0 spiro atoms. The molecular weight excluding hydrogens is 314 g/mol. The van der Waals surface area contributed by atoms with Gasteiger partial charge in [0, 0.05) is 6.07 Å². The Hall–Kier alpha value is -2.40. The molecule has 1 amide bonds. The van der Waals surface area contributed by atoms with Crippen LogP contribution in [0.4, 0.5) is 5.82 Å². The van der Waals surface area contributed by atoms with Crippen molar-refractivity contribution in [2.24, 2.45) is 0 Å². The zero-order valence-electron chi connectivity index (χ0n) is 13.4. The van der Waals surface area contributed by atoms with Crippen LogP contribution in [0, 0.1) is 32.1 Å². The Balaban J connectivity index is 2.19. The third kappa shape index (κ3) is 4.07. The van der Waals surface area contributed by atoms with Crippen LogP contribution in [0.15, 0.2) is 15.6 Å². The standard InChI is InChI=1S/C15H17N5O2S/c1-5-12(14(21)19-13-6-8(2)22-20-13)23-15-11(7-16)9(3)17-10(4)18-15/h6,12H,5H2,1-4H3,(H,19,20,21)/t12-/m1/s1. The molecule has 2 aromatic heterocycles. The molecule has 2 aromatic rings. The lowest BCUT2D eigenvalue weighted by Gasteiger charge is -2.14. The molecule has 0 aliphatic carbocycles. The highest BCUT2D eigenvalue weighted by Gasteiger charge is 2.22. The van der Waals surface area contributed by atoms with Gasteiger partial charge in [0.1, 0.15) is 28.2 Å². The summed E-state index contributed by atoms with van der Waals surface area (Å²) in [6.45, 7) is 7.17. The number of rotatable bonds is 5. The minimum Gasteiger partial charge on any atom is -0.360 e. The van der Waals surface area contributed by atoms with Gasteiger partial charge in [0.25, 0.3) is 0 Å². The fourth-order valence-corrected chi connectivity index (χ4v) is 3.08. The Bertz CT molecular complexity index is 766. The zero-order valence-corrected chi connectivity index (χ0v) is 14.2. The van der Waals surface area contributed by atoms with Crippen molar-refractivity contribution in [1.29, 1.82) is 5.26 Å². The first-order valence-corrected chi connectivity index (χ1v) is 7.98. The van der Waals surface area contributed by atoms with Crippen molar-refractivity contribution in [2.75, 3.05) is 5.32 Å². The Morgan fingerprint density at radius 3 is 2.74 bits per heavy atom. The number of carbonyl (C=O) groups is 1. The molecular formula is C15H17N5O2S. The molecule has 0 saturated heterocycles. The van der Waals surface area contributed by atoms with Gasteiger partial charge < -0.3 is 9.84 Å². The first-order valence-electron chi connectivity index (χ1n) is 7.10. The van der Waals surface area contributed by atoms with E-state index in [2.05, 4.69) is 26.5 Å². The van der Waals surface area contributed by atoms with E-state index in [9.17, 15) is 10.1 Å². The van der Waals surface area contributed by atoms with E-state index in [0.717, 1.165) is 0 Å². The van der Waals surface area contributed by atoms with Crippen molar-refractivity contribution in [2.45, 2.75) is 44.4 Å². The first kappa shape index (κ1) is 17.0. The smallest absolute Gasteiger partial charge is 0.239 e. The summed E-state index contributed by atoms with van der Waals surface area (Å²) in [7, 11) is 0. The second kappa shape index (κ2) is 7.24. The highest BCUT2D eigenvalue weighted by atomic mass is 32.2. The first-order chi connectivity index (χ1) is 10.9. The molecule has 0 bridgehead atoms. The van der Waals surface area contributed by atoms with Gasteiger partial charge in [-0.05, 0) is 27.2 Å². The molecule has 0 radical (unpaired) electrons. The highest BCUT2D eigenvalue weighted by molar-refractivity contribution is 8.00. The lowest BCUT2D eigenvalue weighted by molar-refractivity contribution is -0.115. The van der Waals surface area contributed by atoms with Gasteiger partial charge in [-0.1, -0.05) is 23.8 Å². The number of anilines is 1. The van der Waals surface area contributed by atoms with Gasteiger partial charge >= 0.3 is 0 Å². The summed E-state index contributed by atoms with van der Waals surface area (Å²) in [6.07, 6.45) is 0.584. The summed E-state index contributed by atoms with van der Waals surface area (Å²) in [6, 6.07) is 3.76. The van der Waals surface area contributed by atoms with Gasteiger partial charge in [0.2, 0.25) is 5.91 Å². The number of amides is 1. The SMILES string of the molecule is CC[C@@H](Sc1nc(C)nc(C)c1C#N)C(=O)Nc1cc(C)on1. The number of carbonyl (C=O) groups excluding carboxylic acids is 1. The number of nitrogens with one attached hydrogen (secondary N) is 1. The summed E-state index contributed by atoms with van der Waals surface area (Å²) >= 11 is 1.26. The van der Waals surface area contributed by atoms with Crippen LogP contribution >= 0.6 is 11.8 Å². The van der Waals surface area contributed by atoms with E-state index >= 15 is 0 Å². The lowest BCUT2D eigenvalue weighted by atomic mass is 10.2. The van der Waals surface area contributed by atoms with Crippen molar-refractivity contribution in [3.8, 4) is 6.07 Å². The molecule has 0 aliphatic heterocycles. The maximum absolute atomic E-state index is 12.4. The fourth-order valence-electron chi connectivity index (χ4n) is 1.98. The summed E-state index contributed by atoms with van der Waals surface area (Å²) in [5, 5.41) is 15.9. The lowest BCUT2D eigenvalue weighted by Crippen LogP contribution is -2.25. The molecule has 0 fully saturated rings. The molecule has 2 heterocycles. The number of hydrogen-bond acceptors (Lipinski definition) is 7. The van der Waals surface area contributed by atoms with E-state index in [1.165, 1.54) is 11.8 Å². The van der Waals surface area contributed by atoms with Crippen molar-refractivity contribution in [3.63, 3.8) is 0 Å².